The molecule has 3 atom stereocenters. The molecule has 1 heterocycles. The van der Waals surface area contributed by atoms with E-state index < -0.39 is 0 Å². The quantitative estimate of drug-likeness (QED) is 0.359. The minimum absolute atomic E-state index is 0.00352. The van der Waals surface area contributed by atoms with Crippen LogP contribution in [0.2, 0.25) is 0 Å². The fraction of sp³-hybridized carbons (Fsp3) is 0.909. The molecule has 5 nitrogen and oxygen atoms in total. The van der Waals surface area contributed by atoms with Gasteiger partial charge in [0.1, 0.15) is 4.55 Å². The Bertz CT molecular complexity index is 273. The highest BCUT2D eigenvalue weighted by atomic mass is 127. The number of halogens is 1. The van der Waals surface area contributed by atoms with Crippen molar-refractivity contribution in [2.24, 2.45) is 0 Å². The molecule has 1 aliphatic rings. The lowest BCUT2D eigenvalue weighted by atomic mass is 10.0. The van der Waals surface area contributed by atoms with Crippen LogP contribution in [0, 0.1) is 0 Å². The number of rotatable bonds is 3. The van der Waals surface area contributed by atoms with Gasteiger partial charge >= 0.3 is 6.03 Å². The first kappa shape index (κ1) is 15.1. The Hall–Kier alpha value is 0.0800. The van der Waals surface area contributed by atoms with E-state index >= 15 is 0 Å². The second-order valence-electron chi connectivity index (χ2n) is 4.92. The third-order valence-corrected chi connectivity index (χ3v) is 4.84. The van der Waals surface area contributed by atoms with E-state index in [0.717, 1.165) is 11.0 Å². The molecular formula is C11H22IN2O3+. The van der Waals surface area contributed by atoms with E-state index in [-0.39, 0.29) is 24.3 Å². The summed E-state index contributed by atoms with van der Waals surface area (Å²) in [6, 6.07) is -0.0644. The van der Waals surface area contributed by atoms with Crippen LogP contribution in [0.25, 0.3) is 0 Å². The van der Waals surface area contributed by atoms with Gasteiger partial charge in [0, 0.05) is 13.7 Å². The van der Waals surface area contributed by atoms with Crippen molar-refractivity contribution in [2.75, 3.05) is 32.4 Å². The minimum atomic E-state index is -0.0680. The average molecular weight is 357 g/mol. The number of carbonyl (C=O) groups excluding carboxylic acids is 1. The summed E-state index contributed by atoms with van der Waals surface area (Å²) in [4.78, 5) is 12.1. The molecule has 1 fully saturated rings. The highest BCUT2D eigenvalue weighted by Crippen LogP contribution is 2.18. The van der Waals surface area contributed by atoms with Crippen LogP contribution in [0.1, 0.15) is 13.3 Å². The van der Waals surface area contributed by atoms with Crippen molar-refractivity contribution in [3.05, 3.63) is 0 Å². The van der Waals surface area contributed by atoms with E-state index in [4.69, 9.17) is 9.47 Å². The summed E-state index contributed by atoms with van der Waals surface area (Å²) in [5, 5.41) is 3.04. The molecule has 1 saturated heterocycles. The number of carbonyl (C=O) groups is 1. The first-order valence-corrected chi connectivity index (χ1v) is 7.29. The third kappa shape index (κ3) is 3.77. The number of hydrogen-bond acceptors (Lipinski definition) is 3. The van der Waals surface area contributed by atoms with Gasteiger partial charge in [-0.1, -0.05) is 0 Å². The summed E-state index contributed by atoms with van der Waals surface area (Å²) in [6.45, 7) is 2.66. The van der Waals surface area contributed by atoms with Crippen molar-refractivity contribution >= 4 is 28.6 Å². The molecule has 1 rings (SSSR count). The Morgan fingerprint density at radius 2 is 2.24 bits per heavy atom. The number of ether oxygens (including phenoxy) is 2. The maximum absolute atomic E-state index is 12.1. The molecule has 0 radical (unpaired) electrons. The SMILES string of the molecule is CO[C@H]1CCO[C@@H](C)[C@H]1NC(=O)[N+](C)(C)CI. The Labute approximate surface area is 117 Å². The molecule has 0 aliphatic carbocycles. The smallest absolute Gasteiger partial charge is 0.379 e. The van der Waals surface area contributed by atoms with Crippen molar-refractivity contribution in [2.45, 2.75) is 31.6 Å². The molecule has 0 spiro atoms. The van der Waals surface area contributed by atoms with Crippen molar-refractivity contribution in [3.8, 4) is 0 Å². The van der Waals surface area contributed by atoms with Crippen LogP contribution in [0.3, 0.4) is 0 Å². The van der Waals surface area contributed by atoms with E-state index in [9.17, 15) is 4.79 Å². The highest BCUT2D eigenvalue weighted by molar-refractivity contribution is 14.1. The molecule has 6 heteroatoms. The first-order chi connectivity index (χ1) is 7.92. The van der Waals surface area contributed by atoms with Crippen molar-refractivity contribution < 1.29 is 18.8 Å². The zero-order valence-electron chi connectivity index (χ0n) is 10.9. The van der Waals surface area contributed by atoms with Gasteiger partial charge in [0.15, 0.2) is 0 Å². The van der Waals surface area contributed by atoms with Gasteiger partial charge in [0.25, 0.3) is 0 Å². The number of quaternary nitrogens is 1. The molecule has 2 amide bonds. The Kier molecular flexibility index (Phi) is 5.62. The van der Waals surface area contributed by atoms with Gasteiger partial charge in [-0.25, -0.2) is 9.28 Å². The van der Waals surface area contributed by atoms with Gasteiger partial charge < -0.3 is 9.47 Å². The van der Waals surface area contributed by atoms with Gasteiger partial charge in [0.2, 0.25) is 0 Å². The number of methoxy groups -OCH3 is 1. The number of amides is 2. The van der Waals surface area contributed by atoms with Gasteiger partial charge in [-0.05, 0) is 35.9 Å². The molecule has 1 N–H and O–H groups in total. The fourth-order valence-electron chi connectivity index (χ4n) is 1.80. The Morgan fingerprint density at radius 1 is 1.59 bits per heavy atom. The largest absolute Gasteiger partial charge is 0.417 e. The van der Waals surface area contributed by atoms with Crippen LogP contribution in [0.15, 0.2) is 0 Å². The molecule has 100 valence electrons. The van der Waals surface area contributed by atoms with Gasteiger partial charge in [-0.15, -0.1) is 0 Å². The molecule has 17 heavy (non-hydrogen) atoms. The van der Waals surface area contributed by atoms with Crippen LogP contribution < -0.4 is 5.32 Å². The van der Waals surface area contributed by atoms with Gasteiger partial charge in [-0.3, -0.25) is 5.32 Å². The van der Waals surface area contributed by atoms with Crippen LogP contribution in [-0.4, -0.2) is 61.1 Å². The third-order valence-electron chi connectivity index (χ3n) is 3.13. The molecule has 0 aromatic heterocycles. The van der Waals surface area contributed by atoms with E-state index in [0.29, 0.717) is 11.1 Å². The van der Waals surface area contributed by atoms with Crippen LogP contribution in [0.4, 0.5) is 4.79 Å². The van der Waals surface area contributed by atoms with Crippen LogP contribution in [-0.2, 0) is 9.47 Å². The lowest BCUT2D eigenvalue weighted by Gasteiger charge is -2.37. The molecule has 0 aromatic rings. The molecule has 0 saturated carbocycles. The van der Waals surface area contributed by atoms with Gasteiger partial charge in [-0.2, -0.15) is 0 Å². The minimum Gasteiger partial charge on any atom is -0.379 e. The van der Waals surface area contributed by atoms with Crippen LogP contribution >= 0.6 is 22.6 Å². The molecule has 0 unspecified atom stereocenters. The van der Waals surface area contributed by atoms with Crippen molar-refractivity contribution in [1.29, 1.82) is 0 Å². The Morgan fingerprint density at radius 3 is 2.76 bits per heavy atom. The summed E-state index contributed by atoms with van der Waals surface area (Å²) >= 11 is 2.21. The molecular weight excluding hydrogens is 335 g/mol. The zero-order chi connectivity index (χ0) is 13.1. The van der Waals surface area contributed by atoms with Crippen LogP contribution in [0.5, 0.6) is 0 Å². The van der Waals surface area contributed by atoms with E-state index in [1.54, 1.807) is 7.11 Å². The van der Waals surface area contributed by atoms with E-state index in [1.165, 1.54) is 0 Å². The number of urea groups is 1. The standard InChI is InChI=1S/C11H21IN2O3/c1-8-10(9(16-4)5-6-17-8)13-11(15)14(2,3)7-12/h8-10H,5-7H2,1-4H3/p+1/t8-,9-,10+/m0/s1. The first-order valence-electron chi connectivity index (χ1n) is 5.76. The summed E-state index contributed by atoms with van der Waals surface area (Å²) in [6.07, 6.45) is 0.854. The summed E-state index contributed by atoms with van der Waals surface area (Å²) in [5.74, 6) is 0. The second kappa shape index (κ2) is 6.31. The average Bonchev–Trinajstić information content (AvgIpc) is 2.31. The lowest BCUT2D eigenvalue weighted by Crippen LogP contribution is -2.60. The predicted molar refractivity (Wildman–Crippen MR) is 74.1 cm³/mol. The normalized spacial score (nSPS) is 30.1. The number of nitrogens with zero attached hydrogens (tertiary/aromatic N) is 1. The lowest BCUT2D eigenvalue weighted by molar-refractivity contribution is -0.791. The van der Waals surface area contributed by atoms with E-state index in [2.05, 4.69) is 27.9 Å². The van der Waals surface area contributed by atoms with E-state index in [1.807, 2.05) is 21.0 Å². The summed E-state index contributed by atoms with van der Waals surface area (Å²) < 4.78 is 12.0. The van der Waals surface area contributed by atoms with Crippen molar-refractivity contribution in [1.82, 2.24) is 5.32 Å². The second-order valence-corrected chi connectivity index (χ2v) is 5.60. The molecule has 0 bridgehead atoms. The molecule has 1 aliphatic heterocycles. The summed E-state index contributed by atoms with van der Waals surface area (Å²) in [7, 11) is 5.45. The zero-order valence-corrected chi connectivity index (χ0v) is 13.1. The highest BCUT2D eigenvalue weighted by Gasteiger charge is 2.36. The van der Waals surface area contributed by atoms with Crippen molar-refractivity contribution in [3.63, 3.8) is 0 Å². The topological polar surface area (TPSA) is 47.6 Å². The number of hydrogen-bond donors (Lipinski definition) is 1. The Balaban J connectivity index is 2.67. The number of alkyl halides is 1. The maximum Gasteiger partial charge on any atom is 0.417 e. The molecule has 0 aromatic carbocycles. The summed E-state index contributed by atoms with van der Waals surface area (Å²) in [5.41, 5.74) is 0. The predicted octanol–water partition coefficient (Wildman–Crippen LogP) is 1.36. The maximum atomic E-state index is 12.1. The number of nitrogens with one attached hydrogen (secondary N) is 1. The fourth-order valence-corrected chi connectivity index (χ4v) is 2.11. The monoisotopic (exact) mass is 357 g/mol. The van der Waals surface area contributed by atoms with Gasteiger partial charge in [0.05, 0.1) is 32.3 Å².